The van der Waals surface area contributed by atoms with E-state index in [2.05, 4.69) is 28.4 Å². The highest BCUT2D eigenvalue weighted by molar-refractivity contribution is 6.33. The molecule has 5 nitrogen and oxygen atoms in total. The number of ether oxygens (including phenoxy) is 2. The maximum Gasteiger partial charge on any atom is 0.162 e. The number of nitrogens with one attached hydrogen (secondary N) is 1. The highest BCUT2D eigenvalue weighted by Crippen LogP contribution is 2.40. The molecule has 1 aliphatic heterocycles. The van der Waals surface area contributed by atoms with Crippen molar-refractivity contribution >= 4 is 33.9 Å². The second-order valence-electron chi connectivity index (χ2n) is 8.35. The van der Waals surface area contributed by atoms with Crippen LogP contribution in [0.2, 0.25) is 5.02 Å². The molecule has 6 heteroatoms. The van der Waals surface area contributed by atoms with Crippen molar-refractivity contribution in [2.45, 2.75) is 38.1 Å². The Kier molecular flexibility index (Phi) is 5.53. The molecule has 1 saturated heterocycles. The minimum atomic E-state index is 0.419. The van der Waals surface area contributed by atoms with Gasteiger partial charge in [0.05, 0.1) is 30.4 Å². The van der Waals surface area contributed by atoms with Gasteiger partial charge in [-0.3, -0.25) is 4.98 Å². The van der Waals surface area contributed by atoms with E-state index in [1.165, 1.54) is 16.9 Å². The second kappa shape index (κ2) is 8.46. The maximum absolute atomic E-state index is 6.42. The van der Waals surface area contributed by atoms with Crippen LogP contribution in [0.4, 0.5) is 11.4 Å². The summed E-state index contributed by atoms with van der Waals surface area (Å²) in [7, 11) is 3.35. The molecule has 0 atom stereocenters. The van der Waals surface area contributed by atoms with Gasteiger partial charge in [0, 0.05) is 42.0 Å². The summed E-state index contributed by atoms with van der Waals surface area (Å²) in [4.78, 5) is 7.35. The molecule has 0 saturated carbocycles. The molecule has 2 aliphatic rings. The Morgan fingerprint density at radius 1 is 1.03 bits per heavy atom. The molecule has 3 aromatic rings. The number of methoxy groups -OCH3 is 2. The summed E-state index contributed by atoms with van der Waals surface area (Å²) in [6, 6.07) is 12.6. The third-order valence-electron chi connectivity index (χ3n) is 6.55. The Balaban J connectivity index is 1.43. The monoisotopic (exact) mass is 437 g/mol. The topological polar surface area (TPSA) is 46.6 Å². The van der Waals surface area contributed by atoms with Gasteiger partial charge in [0.1, 0.15) is 0 Å². The van der Waals surface area contributed by atoms with Crippen LogP contribution in [0.3, 0.4) is 0 Å². The fourth-order valence-corrected chi connectivity index (χ4v) is 5.19. The number of para-hydroxylation sites is 1. The summed E-state index contributed by atoms with van der Waals surface area (Å²) in [5.74, 6) is 1.46. The largest absolute Gasteiger partial charge is 0.493 e. The number of benzene rings is 2. The SMILES string of the molecule is COc1cc2nc3c(c(NC4CCN(c5ccccc5Cl)CC4)c2cc1OC)CCC3. The number of hydrogen-bond donors (Lipinski definition) is 1. The van der Waals surface area contributed by atoms with E-state index in [9.17, 15) is 0 Å². The van der Waals surface area contributed by atoms with Crippen LogP contribution in [-0.4, -0.2) is 38.3 Å². The van der Waals surface area contributed by atoms with Crippen molar-refractivity contribution in [3.63, 3.8) is 0 Å². The van der Waals surface area contributed by atoms with Gasteiger partial charge in [-0.1, -0.05) is 23.7 Å². The summed E-state index contributed by atoms with van der Waals surface area (Å²) in [6.07, 6.45) is 5.41. The molecule has 0 amide bonds. The second-order valence-corrected chi connectivity index (χ2v) is 8.75. The molecule has 5 rings (SSSR count). The lowest BCUT2D eigenvalue weighted by atomic mass is 10.0. The molecule has 31 heavy (non-hydrogen) atoms. The van der Waals surface area contributed by atoms with Crippen LogP contribution in [0, 0.1) is 0 Å². The van der Waals surface area contributed by atoms with Gasteiger partial charge >= 0.3 is 0 Å². The Morgan fingerprint density at radius 3 is 2.52 bits per heavy atom. The molecule has 2 aromatic carbocycles. The first-order chi connectivity index (χ1) is 15.2. The minimum Gasteiger partial charge on any atom is -0.493 e. The Morgan fingerprint density at radius 2 is 1.77 bits per heavy atom. The van der Waals surface area contributed by atoms with Gasteiger partial charge in [-0.25, -0.2) is 0 Å². The number of fused-ring (bicyclic) bond motifs is 2. The first kappa shape index (κ1) is 20.3. The van der Waals surface area contributed by atoms with E-state index in [1.54, 1.807) is 14.2 Å². The number of aromatic nitrogens is 1. The molecule has 0 spiro atoms. The number of halogens is 1. The predicted molar refractivity (Wildman–Crippen MR) is 127 cm³/mol. The normalized spacial score (nSPS) is 16.4. The molecule has 162 valence electrons. The van der Waals surface area contributed by atoms with Crippen molar-refractivity contribution in [1.29, 1.82) is 0 Å². The molecular formula is C25H28ClN3O2. The molecule has 1 fully saturated rings. The summed E-state index contributed by atoms with van der Waals surface area (Å²) in [5.41, 5.74) is 5.92. The number of pyridine rings is 1. The first-order valence-corrected chi connectivity index (χ1v) is 11.4. The number of hydrogen-bond acceptors (Lipinski definition) is 5. The van der Waals surface area contributed by atoms with Gasteiger partial charge in [0.2, 0.25) is 0 Å². The molecule has 0 radical (unpaired) electrons. The van der Waals surface area contributed by atoms with Gasteiger partial charge in [-0.15, -0.1) is 0 Å². The van der Waals surface area contributed by atoms with E-state index in [1.807, 2.05) is 18.2 Å². The number of nitrogens with zero attached hydrogens (tertiary/aromatic N) is 2. The zero-order valence-corrected chi connectivity index (χ0v) is 18.8. The smallest absolute Gasteiger partial charge is 0.162 e. The molecule has 1 aromatic heterocycles. The highest BCUT2D eigenvalue weighted by Gasteiger charge is 2.25. The third kappa shape index (κ3) is 3.76. The van der Waals surface area contributed by atoms with E-state index in [-0.39, 0.29) is 0 Å². The zero-order valence-electron chi connectivity index (χ0n) is 18.1. The van der Waals surface area contributed by atoms with Crippen LogP contribution in [0.5, 0.6) is 11.5 Å². The van der Waals surface area contributed by atoms with Crippen molar-refractivity contribution in [1.82, 2.24) is 4.98 Å². The molecule has 2 heterocycles. The van der Waals surface area contributed by atoms with E-state index in [4.69, 9.17) is 26.1 Å². The van der Waals surface area contributed by atoms with Crippen LogP contribution >= 0.6 is 11.6 Å². The van der Waals surface area contributed by atoms with Crippen molar-refractivity contribution in [2.24, 2.45) is 0 Å². The van der Waals surface area contributed by atoms with Crippen molar-refractivity contribution in [3.8, 4) is 11.5 Å². The summed E-state index contributed by atoms with van der Waals surface area (Å²) >= 11 is 6.42. The number of piperidine rings is 1. The standard InChI is InChI=1S/C25H28ClN3O2/c1-30-23-14-18-21(15-24(23)31-2)28-20-8-5-6-17(20)25(18)27-16-10-12-29(13-11-16)22-9-4-3-7-19(22)26/h3-4,7,9,14-16H,5-6,8,10-13H2,1-2H3,(H,27,28). The van der Waals surface area contributed by atoms with Crippen LogP contribution in [-0.2, 0) is 12.8 Å². The van der Waals surface area contributed by atoms with Crippen LogP contribution in [0.25, 0.3) is 10.9 Å². The van der Waals surface area contributed by atoms with Crippen LogP contribution in [0.1, 0.15) is 30.5 Å². The average molecular weight is 438 g/mol. The van der Waals surface area contributed by atoms with Gasteiger partial charge in [0.15, 0.2) is 11.5 Å². The van der Waals surface area contributed by atoms with Crippen molar-refractivity contribution in [2.75, 3.05) is 37.5 Å². The number of anilines is 2. The molecule has 1 N–H and O–H groups in total. The Bertz CT molecular complexity index is 1110. The number of rotatable bonds is 5. The predicted octanol–water partition coefficient (Wildman–Crippen LogP) is 5.48. The highest BCUT2D eigenvalue weighted by atomic mass is 35.5. The van der Waals surface area contributed by atoms with Crippen LogP contribution < -0.4 is 19.7 Å². The van der Waals surface area contributed by atoms with E-state index in [0.717, 1.165) is 78.3 Å². The van der Waals surface area contributed by atoms with E-state index < -0.39 is 0 Å². The van der Waals surface area contributed by atoms with Gasteiger partial charge in [0.25, 0.3) is 0 Å². The van der Waals surface area contributed by atoms with E-state index >= 15 is 0 Å². The van der Waals surface area contributed by atoms with Crippen LogP contribution in [0.15, 0.2) is 36.4 Å². The Labute approximate surface area is 188 Å². The fraction of sp³-hybridized carbons (Fsp3) is 0.400. The van der Waals surface area contributed by atoms with Crippen molar-refractivity contribution < 1.29 is 9.47 Å². The lowest BCUT2D eigenvalue weighted by Gasteiger charge is -2.35. The minimum absolute atomic E-state index is 0.419. The zero-order chi connectivity index (χ0) is 21.4. The Hall–Kier alpha value is -2.66. The number of aryl methyl sites for hydroxylation is 1. The molecular weight excluding hydrogens is 410 g/mol. The lowest BCUT2D eigenvalue weighted by Crippen LogP contribution is -2.39. The third-order valence-corrected chi connectivity index (χ3v) is 6.87. The van der Waals surface area contributed by atoms with Gasteiger partial charge in [-0.2, -0.15) is 0 Å². The maximum atomic E-state index is 6.42. The summed E-state index contributed by atoms with van der Waals surface area (Å²) in [6.45, 7) is 1.98. The van der Waals surface area contributed by atoms with Crippen molar-refractivity contribution in [3.05, 3.63) is 52.7 Å². The quantitative estimate of drug-likeness (QED) is 0.573. The van der Waals surface area contributed by atoms with Gasteiger partial charge in [-0.05, 0) is 55.9 Å². The fourth-order valence-electron chi connectivity index (χ4n) is 4.93. The first-order valence-electron chi connectivity index (χ1n) is 11.0. The molecule has 0 unspecified atom stereocenters. The summed E-state index contributed by atoms with van der Waals surface area (Å²) < 4.78 is 11.1. The molecule has 1 aliphatic carbocycles. The average Bonchev–Trinajstić information content (AvgIpc) is 3.27. The van der Waals surface area contributed by atoms with Gasteiger partial charge < -0.3 is 19.7 Å². The lowest BCUT2D eigenvalue weighted by molar-refractivity contribution is 0.356. The van der Waals surface area contributed by atoms with E-state index in [0.29, 0.717) is 6.04 Å². The molecule has 0 bridgehead atoms. The summed E-state index contributed by atoms with van der Waals surface area (Å²) in [5, 5.41) is 5.85.